The van der Waals surface area contributed by atoms with Crippen LogP contribution in [0.1, 0.15) is 13.8 Å². The summed E-state index contributed by atoms with van der Waals surface area (Å²) in [6.07, 6.45) is -0.983. The summed E-state index contributed by atoms with van der Waals surface area (Å²) in [6, 6.07) is 9.19. The van der Waals surface area contributed by atoms with E-state index < -0.39 is 12.1 Å². The first kappa shape index (κ1) is 14.2. The van der Waals surface area contributed by atoms with Gasteiger partial charge < -0.3 is 14.7 Å². The van der Waals surface area contributed by atoms with Gasteiger partial charge in [0.1, 0.15) is 6.61 Å². The van der Waals surface area contributed by atoms with Crippen LogP contribution in [0.4, 0.5) is 5.69 Å². The zero-order chi connectivity index (χ0) is 13.5. The van der Waals surface area contributed by atoms with Crippen molar-refractivity contribution in [3.63, 3.8) is 0 Å². The van der Waals surface area contributed by atoms with E-state index in [2.05, 4.69) is 0 Å². The fourth-order valence-electron chi connectivity index (χ4n) is 1.46. The number of ether oxygens (including phenoxy) is 1. The van der Waals surface area contributed by atoms with Gasteiger partial charge in [0, 0.05) is 12.2 Å². The Balaban J connectivity index is 2.61. The summed E-state index contributed by atoms with van der Waals surface area (Å²) in [4.78, 5) is 24.0. The van der Waals surface area contributed by atoms with Crippen LogP contribution in [-0.2, 0) is 14.3 Å². The lowest BCUT2D eigenvalue weighted by Gasteiger charge is -2.21. The lowest BCUT2D eigenvalue weighted by Crippen LogP contribution is -2.35. The summed E-state index contributed by atoms with van der Waals surface area (Å²) in [5.74, 6) is -1.33. The molecule has 0 saturated carbocycles. The van der Waals surface area contributed by atoms with Crippen molar-refractivity contribution in [1.29, 1.82) is 0 Å². The molecule has 1 aromatic carbocycles. The maximum Gasteiger partial charge on any atom is 0.332 e. The summed E-state index contributed by atoms with van der Waals surface area (Å²) in [7, 11) is 0. The van der Waals surface area contributed by atoms with E-state index in [-0.39, 0.29) is 12.5 Å². The molecule has 0 heterocycles. The Morgan fingerprint density at radius 2 is 1.94 bits per heavy atom. The van der Waals surface area contributed by atoms with Crippen LogP contribution in [0.3, 0.4) is 0 Å². The molecule has 5 heteroatoms. The molecule has 0 aliphatic carbocycles. The second kappa shape index (κ2) is 6.76. The number of rotatable bonds is 6. The van der Waals surface area contributed by atoms with Gasteiger partial charge in [0.25, 0.3) is 5.91 Å². The average molecular weight is 251 g/mol. The predicted molar refractivity (Wildman–Crippen MR) is 67.5 cm³/mol. The minimum Gasteiger partial charge on any atom is -0.479 e. The van der Waals surface area contributed by atoms with E-state index in [1.165, 1.54) is 6.92 Å². The number of amides is 1. The maximum absolute atomic E-state index is 11.9. The third-order valence-electron chi connectivity index (χ3n) is 2.49. The van der Waals surface area contributed by atoms with Gasteiger partial charge in [-0.2, -0.15) is 0 Å². The molecule has 0 fully saturated rings. The Hall–Kier alpha value is -1.88. The number of anilines is 1. The molecule has 0 aromatic heterocycles. The fourth-order valence-corrected chi connectivity index (χ4v) is 1.46. The van der Waals surface area contributed by atoms with Gasteiger partial charge in [-0.1, -0.05) is 18.2 Å². The number of benzene rings is 1. The van der Waals surface area contributed by atoms with Crippen LogP contribution in [0.15, 0.2) is 30.3 Å². The smallest absolute Gasteiger partial charge is 0.332 e. The Labute approximate surface area is 106 Å². The molecule has 18 heavy (non-hydrogen) atoms. The number of aliphatic carboxylic acids is 1. The van der Waals surface area contributed by atoms with Crippen molar-refractivity contribution in [2.45, 2.75) is 20.0 Å². The fraction of sp³-hybridized carbons (Fsp3) is 0.385. The molecule has 1 aromatic rings. The van der Waals surface area contributed by atoms with Crippen molar-refractivity contribution in [3.05, 3.63) is 30.3 Å². The molecular formula is C13H17NO4. The summed E-state index contributed by atoms with van der Waals surface area (Å²) in [6.45, 7) is 3.52. The molecule has 1 amide bonds. The first-order valence-corrected chi connectivity index (χ1v) is 5.76. The second-order valence-corrected chi connectivity index (χ2v) is 3.77. The monoisotopic (exact) mass is 251 g/mol. The van der Waals surface area contributed by atoms with Crippen molar-refractivity contribution in [2.75, 3.05) is 18.1 Å². The molecule has 1 N–H and O–H groups in total. The molecule has 0 aliphatic rings. The normalized spacial score (nSPS) is 11.9. The second-order valence-electron chi connectivity index (χ2n) is 3.77. The molecule has 1 rings (SSSR count). The van der Waals surface area contributed by atoms with Crippen molar-refractivity contribution >= 4 is 17.6 Å². The molecule has 0 spiro atoms. The number of carboxylic acid groups (broad SMARTS) is 1. The van der Waals surface area contributed by atoms with Gasteiger partial charge >= 0.3 is 5.97 Å². The number of hydrogen-bond acceptors (Lipinski definition) is 3. The van der Waals surface area contributed by atoms with Crippen LogP contribution < -0.4 is 4.90 Å². The zero-order valence-corrected chi connectivity index (χ0v) is 10.5. The minimum atomic E-state index is -1.08. The maximum atomic E-state index is 11.9. The van der Waals surface area contributed by atoms with Crippen LogP contribution in [0.25, 0.3) is 0 Å². The molecular weight excluding hydrogens is 234 g/mol. The van der Waals surface area contributed by atoms with Crippen molar-refractivity contribution in [3.8, 4) is 0 Å². The van der Waals surface area contributed by atoms with E-state index in [4.69, 9.17) is 9.84 Å². The number of carboxylic acids is 1. The average Bonchev–Trinajstić information content (AvgIpc) is 2.38. The van der Waals surface area contributed by atoms with Gasteiger partial charge in [-0.15, -0.1) is 0 Å². The predicted octanol–water partition coefficient (Wildman–Crippen LogP) is 1.53. The van der Waals surface area contributed by atoms with E-state index in [1.54, 1.807) is 4.90 Å². The van der Waals surface area contributed by atoms with E-state index in [0.29, 0.717) is 6.54 Å². The molecule has 0 unspecified atom stereocenters. The van der Waals surface area contributed by atoms with Crippen LogP contribution in [0.5, 0.6) is 0 Å². The van der Waals surface area contributed by atoms with Gasteiger partial charge in [-0.05, 0) is 26.0 Å². The molecule has 0 aliphatic heterocycles. The van der Waals surface area contributed by atoms with Gasteiger partial charge in [0.15, 0.2) is 6.10 Å². The zero-order valence-electron chi connectivity index (χ0n) is 10.5. The van der Waals surface area contributed by atoms with E-state index in [9.17, 15) is 9.59 Å². The Kier molecular flexibility index (Phi) is 5.32. The van der Waals surface area contributed by atoms with Crippen molar-refractivity contribution < 1.29 is 19.4 Å². The summed E-state index contributed by atoms with van der Waals surface area (Å²) < 4.78 is 4.98. The topological polar surface area (TPSA) is 66.8 Å². The highest BCUT2D eigenvalue weighted by atomic mass is 16.5. The van der Waals surface area contributed by atoms with Crippen molar-refractivity contribution in [1.82, 2.24) is 0 Å². The van der Waals surface area contributed by atoms with Gasteiger partial charge in [0.05, 0.1) is 0 Å². The number of nitrogens with zero attached hydrogens (tertiary/aromatic N) is 1. The molecule has 0 bridgehead atoms. The van der Waals surface area contributed by atoms with Crippen LogP contribution in [0, 0.1) is 0 Å². The highest BCUT2D eigenvalue weighted by Crippen LogP contribution is 2.13. The molecule has 5 nitrogen and oxygen atoms in total. The highest BCUT2D eigenvalue weighted by Gasteiger charge is 2.17. The quantitative estimate of drug-likeness (QED) is 0.832. The number of para-hydroxylation sites is 1. The molecule has 98 valence electrons. The van der Waals surface area contributed by atoms with Crippen LogP contribution in [-0.4, -0.2) is 36.2 Å². The third-order valence-corrected chi connectivity index (χ3v) is 2.49. The first-order valence-electron chi connectivity index (χ1n) is 5.76. The Morgan fingerprint density at radius 1 is 1.33 bits per heavy atom. The Morgan fingerprint density at radius 3 is 2.44 bits per heavy atom. The SMILES string of the molecule is CCN(C(=O)CO[C@@H](C)C(=O)O)c1ccccc1. The number of carbonyl (C=O) groups is 2. The number of carbonyl (C=O) groups excluding carboxylic acids is 1. The lowest BCUT2D eigenvalue weighted by atomic mass is 10.3. The van der Waals surface area contributed by atoms with E-state index in [1.807, 2.05) is 37.3 Å². The largest absolute Gasteiger partial charge is 0.479 e. The van der Waals surface area contributed by atoms with Gasteiger partial charge in [-0.25, -0.2) is 4.79 Å². The molecule has 0 radical (unpaired) electrons. The van der Waals surface area contributed by atoms with E-state index in [0.717, 1.165) is 5.69 Å². The standard InChI is InChI=1S/C13H17NO4/c1-3-14(11-7-5-4-6-8-11)12(15)9-18-10(2)13(16)17/h4-8,10H,3,9H2,1-2H3,(H,16,17)/t10-/m0/s1. The van der Waals surface area contributed by atoms with Gasteiger partial charge in [0.2, 0.25) is 0 Å². The summed E-state index contributed by atoms with van der Waals surface area (Å²) in [5.41, 5.74) is 0.775. The molecule has 0 saturated heterocycles. The van der Waals surface area contributed by atoms with Gasteiger partial charge in [-0.3, -0.25) is 4.79 Å². The first-order chi connectivity index (χ1) is 8.56. The summed E-state index contributed by atoms with van der Waals surface area (Å²) >= 11 is 0. The highest BCUT2D eigenvalue weighted by molar-refractivity contribution is 5.94. The van der Waals surface area contributed by atoms with Crippen LogP contribution in [0.2, 0.25) is 0 Å². The number of likely N-dealkylation sites (N-methyl/N-ethyl adjacent to an activating group) is 1. The van der Waals surface area contributed by atoms with E-state index >= 15 is 0 Å². The molecule has 1 atom stereocenters. The Bertz CT molecular complexity index is 405. The minimum absolute atomic E-state index is 0.240. The van der Waals surface area contributed by atoms with Crippen molar-refractivity contribution in [2.24, 2.45) is 0 Å². The number of hydrogen-bond donors (Lipinski definition) is 1. The lowest BCUT2D eigenvalue weighted by molar-refractivity contribution is -0.150. The summed E-state index contributed by atoms with van der Waals surface area (Å²) in [5, 5.41) is 8.66. The van der Waals surface area contributed by atoms with Crippen LogP contribution >= 0.6 is 0 Å². The third kappa shape index (κ3) is 3.85.